The molecule has 17 heavy (non-hydrogen) atoms. The largest absolute Gasteiger partial charge is 0.478 e. The van der Waals surface area contributed by atoms with E-state index in [1.165, 1.54) is 6.08 Å². The summed E-state index contributed by atoms with van der Waals surface area (Å²) >= 11 is 0. The van der Waals surface area contributed by atoms with Crippen LogP contribution in [0.1, 0.15) is 5.56 Å². The molecule has 0 aromatic heterocycles. The van der Waals surface area contributed by atoms with Crippen molar-refractivity contribution in [3.05, 3.63) is 35.9 Å². The number of carboxylic acid groups (broad SMARTS) is 1. The molecule has 0 saturated carbocycles. The van der Waals surface area contributed by atoms with Crippen molar-refractivity contribution in [3.8, 4) is 0 Å². The van der Waals surface area contributed by atoms with Crippen LogP contribution < -0.4 is 4.90 Å². The molecule has 1 fully saturated rings. The van der Waals surface area contributed by atoms with Crippen LogP contribution in [0.3, 0.4) is 0 Å². The molecule has 0 bridgehead atoms. The van der Waals surface area contributed by atoms with Crippen LogP contribution in [0.4, 0.5) is 5.69 Å². The number of aliphatic carboxylic acids is 1. The topological polar surface area (TPSA) is 49.8 Å². The van der Waals surface area contributed by atoms with Crippen LogP contribution >= 0.6 is 0 Å². The maximum atomic E-state index is 10.5. The first-order valence-electron chi connectivity index (χ1n) is 5.60. The highest BCUT2D eigenvalue weighted by Crippen LogP contribution is 2.22. The third-order valence-electron chi connectivity index (χ3n) is 2.69. The Labute approximate surface area is 100 Å². The van der Waals surface area contributed by atoms with E-state index in [1.807, 2.05) is 24.3 Å². The second-order valence-electron chi connectivity index (χ2n) is 3.83. The highest BCUT2D eigenvalue weighted by atomic mass is 16.5. The van der Waals surface area contributed by atoms with E-state index < -0.39 is 5.97 Å². The maximum Gasteiger partial charge on any atom is 0.328 e. The first-order chi connectivity index (χ1) is 8.27. The van der Waals surface area contributed by atoms with Crippen LogP contribution in [0.15, 0.2) is 30.3 Å². The van der Waals surface area contributed by atoms with Gasteiger partial charge < -0.3 is 14.7 Å². The first kappa shape index (κ1) is 11.7. The number of carbonyl (C=O) groups is 1. The summed E-state index contributed by atoms with van der Waals surface area (Å²) in [6.07, 6.45) is 2.80. The number of carboxylic acids is 1. The summed E-state index contributed by atoms with van der Waals surface area (Å²) in [5.41, 5.74) is 1.99. The van der Waals surface area contributed by atoms with E-state index in [0.29, 0.717) is 0 Å². The Bertz CT molecular complexity index is 422. The van der Waals surface area contributed by atoms with Gasteiger partial charge in [-0.05, 0) is 17.7 Å². The van der Waals surface area contributed by atoms with Gasteiger partial charge in [0.1, 0.15) is 0 Å². The summed E-state index contributed by atoms with van der Waals surface area (Å²) in [5, 5.41) is 8.66. The average molecular weight is 233 g/mol. The molecule has 0 amide bonds. The Morgan fingerprint density at radius 1 is 1.29 bits per heavy atom. The summed E-state index contributed by atoms with van der Waals surface area (Å²) in [7, 11) is 0. The molecule has 0 atom stereocenters. The zero-order chi connectivity index (χ0) is 12.1. The smallest absolute Gasteiger partial charge is 0.328 e. The van der Waals surface area contributed by atoms with E-state index >= 15 is 0 Å². The third kappa shape index (κ3) is 3.07. The second-order valence-corrected chi connectivity index (χ2v) is 3.83. The molecule has 90 valence electrons. The van der Waals surface area contributed by atoms with Crippen molar-refractivity contribution >= 4 is 17.7 Å². The van der Waals surface area contributed by atoms with Crippen LogP contribution in [0.5, 0.6) is 0 Å². The number of nitrogens with zero attached hydrogens (tertiary/aromatic N) is 1. The van der Waals surface area contributed by atoms with Crippen molar-refractivity contribution in [3.63, 3.8) is 0 Å². The van der Waals surface area contributed by atoms with Crippen molar-refractivity contribution in [2.75, 3.05) is 31.2 Å². The molecule has 1 aromatic rings. The lowest BCUT2D eigenvalue weighted by molar-refractivity contribution is -0.131. The Balaban J connectivity index is 2.23. The van der Waals surface area contributed by atoms with E-state index in [1.54, 1.807) is 6.08 Å². The lowest BCUT2D eigenvalue weighted by atomic mass is 10.1. The highest BCUT2D eigenvalue weighted by molar-refractivity contribution is 5.87. The number of rotatable bonds is 3. The zero-order valence-corrected chi connectivity index (χ0v) is 9.50. The van der Waals surface area contributed by atoms with Gasteiger partial charge >= 0.3 is 5.97 Å². The van der Waals surface area contributed by atoms with Gasteiger partial charge in [-0.2, -0.15) is 0 Å². The molecule has 1 aliphatic rings. The van der Waals surface area contributed by atoms with E-state index in [9.17, 15) is 4.79 Å². The summed E-state index contributed by atoms with van der Waals surface area (Å²) in [6.45, 7) is 3.13. The molecular formula is C13H15NO3. The van der Waals surface area contributed by atoms with Crippen molar-refractivity contribution in [2.45, 2.75) is 0 Å². The SMILES string of the molecule is O=C(O)C=Cc1ccccc1N1CCOCC1. The summed E-state index contributed by atoms with van der Waals surface area (Å²) in [5.74, 6) is -0.929. The maximum absolute atomic E-state index is 10.5. The Morgan fingerprint density at radius 2 is 2.00 bits per heavy atom. The molecule has 1 heterocycles. The number of anilines is 1. The standard InChI is InChI=1S/C13H15NO3/c15-13(16)6-5-11-3-1-2-4-12(11)14-7-9-17-10-8-14/h1-6H,7-10H2,(H,15,16). The molecule has 0 aliphatic carbocycles. The zero-order valence-electron chi connectivity index (χ0n) is 9.50. The Hall–Kier alpha value is -1.81. The van der Waals surface area contributed by atoms with E-state index in [-0.39, 0.29) is 0 Å². The fourth-order valence-electron chi connectivity index (χ4n) is 1.88. The van der Waals surface area contributed by atoms with Gasteiger partial charge in [0.15, 0.2) is 0 Å². The second kappa shape index (κ2) is 5.50. The van der Waals surface area contributed by atoms with Crippen LogP contribution in [0.2, 0.25) is 0 Å². The van der Waals surface area contributed by atoms with Crippen molar-refractivity contribution in [1.29, 1.82) is 0 Å². The van der Waals surface area contributed by atoms with Gasteiger partial charge in [-0.15, -0.1) is 0 Å². The van der Waals surface area contributed by atoms with Crippen LogP contribution in [0, 0.1) is 0 Å². The number of morpholine rings is 1. The Morgan fingerprint density at radius 3 is 2.71 bits per heavy atom. The molecule has 1 aromatic carbocycles. The van der Waals surface area contributed by atoms with E-state index in [0.717, 1.165) is 37.6 Å². The fourth-order valence-corrected chi connectivity index (χ4v) is 1.88. The number of benzene rings is 1. The lowest BCUT2D eigenvalue weighted by Crippen LogP contribution is -2.36. The average Bonchev–Trinajstić information content (AvgIpc) is 2.38. The van der Waals surface area contributed by atoms with Gasteiger partial charge in [-0.3, -0.25) is 0 Å². The van der Waals surface area contributed by atoms with Gasteiger partial charge in [-0.25, -0.2) is 4.79 Å². The van der Waals surface area contributed by atoms with Crippen LogP contribution in [-0.2, 0) is 9.53 Å². The quantitative estimate of drug-likeness (QED) is 0.806. The Kier molecular flexibility index (Phi) is 3.77. The van der Waals surface area contributed by atoms with Crippen molar-refractivity contribution in [2.24, 2.45) is 0 Å². The number of hydrogen-bond donors (Lipinski definition) is 1. The van der Waals surface area contributed by atoms with Gasteiger partial charge in [0.2, 0.25) is 0 Å². The highest BCUT2D eigenvalue weighted by Gasteiger charge is 2.13. The summed E-state index contributed by atoms with van der Waals surface area (Å²) < 4.78 is 5.31. The lowest BCUT2D eigenvalue weighted by Gasteiger charge is -2.30. The van der Waals surface area contributed by atoms with Gasteiger partial charge in [0.25, 0.3) is 0 Å². The van der Waals surface area contributed by atoms with Crippen molar-refractivity contribution in [1.82, 2.24) is 0 Å². The minimum Gasteiger partial charge on any atom is -0.478 e. The monoisotopic (exact) mass is 233 g/mol. The predicted octanol–water partition coefficient (Wildman–Crippen LogP) is 1.62. The molecule has 0 radical (unpaired) electrons. The molecule has 4 nitrogen and oxygen atoms in total. The molecule has 4 heteroatoms. The number of hydrogen-bond acceptors (Lipinski definition) is 3. The third-order valence-corrected chi connectivity index (χ3v) is 2.69. The van der Waals surface area contributed by atoms with E-state index in [2.05, 4.69) is 4.90 Å². The summed E-state index contributed by atoms with van der Waals surface area (Å²) in [4.78, 5) is 12.8. The van der Waals surface area contributed by atoms with Gasteiger partial charge in [0, 0.05) is 24.9 Å². The minimum absolute atomic E-state index is 0.719. The molecular weight excluding hydrogens is 218 g/mol. The van der Waals surface area contributed by atoms with Crippen LogP contribution in [-0.4, -0.2) is 37.4 Å². The first-order valence-corrected chi connectivity index (χ1v) is 5.60. The number of para-hydroxylation sites is 1. The molecule has 0 spiro atoms. The minimum atomic E-state index is -0.929. The van der Waals surface area contributed by atoms with Gasteiger partial charge in [-0.1, -0.05) is 18.2 Å². The molecule has 0 unspecified atom stereocenters. The molecule has 1 saturated heterocycles. The predicted molar refractivity (Wildman–Crippen MR) is 66.1 cm³/mol. The van der Waals surface area contributed by atoms with Gasteiger partial charge in [0.05, 0.1) is 13.2 Å². The summed E-state index contributed by atoms with van der Waals surface area (Å²) in [6, 6.07) is 7.80. The fraction of sp³-hybridized carbons (Fsp3) is 0.308. The van der Waals surface area contributed by atoms with E-state index in [4.69, 9.17) is 9.84 Å². The number of ether oxygens (including phenoxy) is 1. The normalized spacial score (nSPS) is 16.4. The van der Waals surface area contributed by atoms with Crippen molar-refractivity contribution < 1.29 is 14.6 Å². The van der Waals surface area contributed by atoms with Crippen LogP contribution in [0.25, 0.3) is 6.08 Å². The molecule has 1 N–H and O–H groups in total. The molecule has 2 rings (SSSR count). The molecule has 1 aliphatic heterocycles.